The van der Waals surface area contributed by atoms with Gasteiger partial charge in [0.25, 0.3) is 0 Å². The Balaban J connectivity index is 2.31. The molecule has 72 valence electrons. The molecule has 0 unspecified atom stereocenters. The van der Waals surface area contributed by atoms with E-state index in [1.807, 2.05) is 6.92 Å². The zero-order valence-electron chi connectivity index (χ0n) is 7.16. The second kappa shape index (κ2) is 3.72. The smallest absolute Gasteiger partial charge is 0.211 e. The van der Waals surface area contributed by atoms with E-state index in [9.17, 15) is 8.42 Å². The number of hydrogen-bond acceptors (Lipinski definition) is 3. The van der Waals surface area contributed by atoms with Gasteiger partial charge in [0.05, 0.1) is 11.9 Å². The summed E-state index contributed by atoms with van der Waals surface area (Å²) in [4.78, 5) is 0. The molecule has 1 fully saturated rings. The van der Waals surface area contributed by atoms with Gasteiger partial charge >= 0.3 is 0 Å². The summed E-state index contributed by atoms with van der Waals surface area (Å²) in [6.45, 7) is 1.83. The van der Waals surface area contributed by atoms with Crippen molar-refractivity contribution in [3.63, 3.8) is 0 Å². The van der Waals surface area contributed by atoms with Crippen LogP contribution in [-0.2, 0) is 10.0 Å². The van der Waals surface area contributed by atoms with E-state index >= 15 is 0 Å². The first-order valence-corrected chi connectivity index (χ1v) is 5.87. The predicted molar refractivity (Wildman–Crippen MR) is 46.2 cm³/mol. The van der Waals surface area contributed by atoms with E-state index in [1.165, 1.54) is 0 Å². The van der Waals surface area contributed by atoms with Crippen molar-refractivity contribution in [2.45, 2.75) is 38.3 Å². The highest BCUT2D eigenvalue weighted by molar-refractivity contribution is 7.89. The van der Waals surface area contributed by atoms with Crippen molar-refractivity contribution >= 4 is 10.0 Å². The van der Waals surface area contributed by atoms with Gasteiger partial charge in [0.15, 0.2) is 0 Å². The zero-order chi connectivity index (χ0) is 9.19. The van der Waals surface area contributed by atoms with E-state index in [4.69, 9.17) is 5.11 Å². The molecule has 12 heavy (non-hydrogen) atoms. The number of aliphatic hydroxyl groups excluding tert-OH is 1. The Labute approximate surface area is 73.0 Å². The first-order valence-electron chi connectivity index (χ1n) is 4.21. The molecule has 0 radical (unpaired) electrons. The second-order valence-corrected chi connectivity index (χ2v) is 5.13. The minimum absolute atomic E-state index is 0.0310. The van der Waals surface area contributed by atoms with Crippen molar-refractivity contribution in [3.8, 4) is 0 Å². The van der Waals surface area contributed by atoms with Crippen LogP contribution >= 0.6 is 0 Å². The molecule has 0 aromatic carbocycles. The van der Waals surface area contributed by atoms with Crippen LogP contribution in [-0.4, -0.2) is 31.4 Å². The van der Waals surface area contributed by atoms with Gasteiger partial charge in [-0.25, -0.2) is 13.1 Å². The van der Waals surface area contributed by atoms with Crippen molar-refractivity contribution in [1.82, 2.24) is 4.72 Å². The molecular weight excluding hydrogens is 178 g/mol. The summed E-state index contributed by atoms with van der Waals surface area (Å²) in [6, 6.07) is -0.0310. The van der Waals surface area contributed by atoms with Gasteiger partial charge in [-0.2, -0.15) is 0 Å². The molecule has 1 aliphatic rings. The zero-order valence-corrected chi connectivity index (χ0v) is 7.97. The van der Waals surface area contributed by atoms with Gasteiger partial charge in [-0.15, -0.1) is 0 Å². The topological polar surface area (TPSA) is 66.4 Å². The summed E-state index contributed by atoms with van der Waals surface area (Å²) < 4.78 is 24.8. The van der Waals surface area contributed by atoms with Crippen molar-refractivity contribution in [3.05, 3.63) is 0 Å². The summed E-state index contributed by atoms with van der Waals surface area (Å²) in [6.07, 6.45) is 1.44. The molecule has 1 aliphatic carbocycles. The first-order chi connectivity index (χ1) is 5.53. The molecule has 0 atom stereocenters. The summed E-state index contributed by atoms with van der Waals surface area (Å²) in [5, 5.41) is 8.91. The van der Waals surface area contributed by atoms with E-state index in [0.717, 1.165) is 0 Å². The highest BCUT2D eigenvalue weighted by atomic mass is 32.2. The molecule has 0 bridgehead atoms. The average molecular weight is 193 g/mol. The summed E-state index contributed by atoms with van der Waals surface area (Å²) in [7, 11) is -3.08. The average Bonchev–Trinajstić information content (AvgIpc) is 1.83. The van der Waals surface area contributed by atoms with Crippen molar-refractivity contribution in [2.24, 2.45) is 0 Å². The van der Waals surface area contributed by atoms with E-state index in [2.05, 4.69) is 4.72 Å². The second-order valence-electron chi connectivity index (χ2n) is 3.26. The largest absolute Gasteiger partial charge is 0.393 e. The third-order valence-corrected chi connectivity index (χ3v) is 3.57. The maximum absolute atomic E-state index is 11.1. The summed E-state index contributed by atoms with van der Waals surface area (Å²) in [5.41, 5.74) is 0. The minimum Gasteiger partial charge on any atom is -0.393 e. The molecule has 5 heteroatoms. The molecule has 4 nitrogen and oxygen atoms in total. The van der Waals surface area contributed by atoms with Crippen LogP contribution in [0, 0.1) is 0 Å². The highest BCUT2D eigenvalue weighted by Crippen LogP contribution is 2.20. The van der Waals surface area contributed by atoms with Gasteiger partial charge in [-0.05, 0) is 19.3 Å². The lowest BCUT2D eigenvalue weighted by Gasteiger charge is -2.31. The van der Waals surface area contributed by atoms with Gasteiger partial charge < -0.3 is 5.11 Å². The van der Waals surface area contributed by atoms with Gasteiger partial charge in [-0.1, -0.05) is 6.92 Å². The SMILES string of the molecule is CCCS(=O)(=O)NC1CC(O)C1. The minimum atomic E-state index is -3.08. The number of sulfonamides is 1. The van der Waals surface area contributed by atoms with Crippen LogP contribution in [0.1, 0.15) is 26.2 Å². The maximum Gasteiger partial charge on any atom is 0.211 e. The fourth-order valence-electron chi connectivity index (χ4n) is 1.27. The van der Waals surface area contributed by atoms with Crippen molar-refractivity contribution in [2.75, 3.05) is 5.75 Å². The van der Waals surface area contributed by atoms with Gasteiger partial charge in [-0.3, -0.25) is 0 Å². The summed E-state index contributed by atoms with van der Waals surface area (Å²) in [5.74, 6) is 0.180. The molecule has 1 rings (SSSR count). The Morgan fingerprint density at radius 3 is 2.50 bits per heavy atom. The van der Waals surface area contributed by atoms with Gasteiger partial charge in [0.1, 0.15) is 0 Å². The van der Waals surface area contributed by atoms with Crippen LogP contribution in [0.3, 0.4) is 0 Å². The predicted octanol–water partition coefficient (Wildman–Crippen LogP) is -0.161. The number of aliphatic hydroxyl groups is 1. The fourth-order valence-corrected chi connectivity index (χ4v) is 2.62. The third-order valence-electron chi connectivity index (χ3n) is 1.93. The van der Waals surface area contributed by atoms with Crippen LogP contribution in [0.15, 0.2) is 0 Å². The molecular formula is C7H15NO3S. The van der Waals surface area contributed by atoms with Gasteiger partial charge in [0, 0.05) is 6.04 Å². The van der Waals surface area contributed by atoms with E-state index in [0.29, 0.717) is 19.3 Å². The molecule has 0 heterocycles. The lowest BCUT2D eigenvalue weighted by molar-refractivity contribution is 0.0712. The van der Waals surface area contributed by atoms with E-state index in [-0.39, 0.29) is 17.9 Å². The van der Waals surface area contributed by atoms with Crippen molar-refractivity contribution in [1.29, 1.82) is 0 Å². The Bertz CT molecular complexity index is 231. The molecule has 0 amide bonds. The highest BCUT2D eigenvalue weighted by Gasteiger charge is 2.30. The number of hydrogen-bond donors (Lipinski definition) is 2. The Morgan fingerprint density at radius 1 is 1.50 bits per heavy atom. The third kappa shape index (κ3) is 2.73. The van der Waals surface area contributed by atoms with Crippen molar-refractivity contribution < 1.29 is 13.5 Å². The molecule has 1 saturated carbocycles. The van der Waals surface area contributed by atoms with Crippen LogP contribution < -0.4 is 4.72 Å². The summed E-state index contributed by atoms with van der Waals surface area (Å²) >= 11 is 0. The number of rotatable bonds is 4. The Morgan fingerprint density at radius 2 is 2.08 bits per heavy atom. The molecule has 2 N–H and O–H groups in total. The molecule has 0 spiro atoms. The quantitative estimate of drug-likeness (QED) is 0.652. The molecule has 0 aromatic heterocycles. The molecule has 0 saturated heterocycles. The Hall–Kier alpha value is -0.130. The monoisotopic (exact) mass is 193 g/mol. The first kappa shape index (κ1) is 9.95. The molecule has 0 aliphatic heterocycles. The fraction of sp³-hybridized carbons (Fsp3) is 1.00. The van der Waals surface area contributed by atoms with Crippen LogP contribution in [0.5, 0.6) is 0 Å². The van der Waals surface area contributed by atoms with E-state index in [1.54, 1.807) is 0 Å². The number of nitrogens with one attached hydrogen (secondary N) is 1. The lowest BCUT2D eigenvalue weighted by atomic mass is 9.91. The van der Waals surface area contributed by atoms with Crippen LogP contribution in [0.4, 0.5) is 0 Å². The van der Waals surface area contributed by atoms with Gasteiger partial charge in [0.2, 0.25) is 10.0 Å². The van der Waals surface area contributed by atoms with Crippen LogP contribution in [0.25, 0.3) is 0 Å². The normalized spacial score (nSPS) is 29.8. The van der Waals surface area contributed by atoms with E-state index < -0.39 is 10.0 Å². The maximum atomic E-state index is 11.1. The standard InChI is InChI=1S/C7H15NO3S/c1-2-3-12(10,11)8-6-4-7(9)5-6/h6-9H,2-5H2,1H3. The Kier molecular flexibility index (Phi) is 3.09. The van der Waals surface area contributed by atoms with Crippen LogP contribution in [0.2, 0.25) is 0 Å². The molecule has 0 aromatic rings. The lowest BCUT2D eigenvalue weighted by Crippen LogP contribution is -2.47.